The van der Waals surface area contributed by atoms with Crippen molar-refractivity contribution >= 4 is 60.9 Å². The van der Waals surface area contributed by atoms with Gasteiger partial charge in [-0.2, -0.15) is 0 Å². The molecule has 10 rings (SSSR count). The predicted molar refractivity (Wildman–Crippen MR) is 211 cm³/mol. The van der Waals surface area contributed by atoms with Crippen LogP contribution in [0.4, 0.5) is 11.4 Å². The third kappa shape index (κ3) is 4.30. The van der Waals surface area contributed by atoms with Crippen LogP contribution in [0.5, 0.6) is 0 Å². The molecule has 50 heavy (non-hydrogen) atoms. The van der Waals surface area contributed by atoms with E-state index < -0.39 is 0 Å². The highest BCUT2D eigenvalue weighted by Gasteiger charge is 2.37. The molecule has 0 saturated carbocycles. The fourth-order valence-electron chi connectivity index (χ4n) is 8.45. The number of hydrogen-bond donors (Lipinski definition) is 0. The number of fused-ring (bicyclic) bond motifs is 7. The van der Waals surface area contributed by atoms with Crippen LogP contribution in [0.1, 0.15) is 18.2 Å². The van der Waals surface area contributed by atoms with Crippen LogP contribution in [-0.4, -0.2) is 14.7 Å². The number of benzene rings is 7. The van der Waals surface area contributed by atoms with Gasteiger partial charge >= 0.3 is 0 Å². The van der Waals surface area contributed by atoms with E-state index in [0.29, 0.717) is 0 Å². The average molecular weight is 642 g/mol. The maximum Gasteiger partial charge on any atom is 0.0650 e. The average Bonchev–Trinajstić information content (AvgIpc) is 3.67. The lowest BCUT2D eigenvalue weighted by Gasteiger charge is -2.43. The molecule has 238 valence electrons. The SMILES string of the molecule is CC1(N(c2ccccc2)c2ccc3c(c2)c2ccccc2n3-c2ccccc2)C=Cc2c(c3ccccc3n2-c2cccc3ccccc23)C1. The molecule has 1 unspecified atom stereocenters. The van der Waals surface area contributed by atoms with Gasteiger partial charge in [-0.05, 0) is 84.6 Å². The van der Waals surface area contributed by atoms with Gasteiger partial charge in [0, 0.05) is 50.7 Å². The summed E-state index contributed by atoms with van der Waals surface area (Å²) in [6.07, 6.45) is 5.66. The lowest BCUT2D eigenvalue weighted by molar-refractivity contribution is 0.561. The summed E-state index contributed by atoms with van der Waals surface area (Å²) in [5.74, 6) is 0. The molecule has 2 heterocycles. The van der Waals surface area contributed by atoms with Crippen LogP contribution in [-0.2, 0) is 6.42 Å². The number of para-hydroxylation sites is 4. The van der Waals surface area contributed by atoms with E-state index in [0.717, 1.165) is 6.42 Å². The first-order chi connectivity index (χ1) is 24.7. The van der Waals surface area contributed by atoms with Crippen molar-refractivity contribution < 1.29 is 0 Å². The van der Waals surface area contributed by atoms with Crippen LogP contribution in [0.3, 0.4) is 0 Å². The largest absolute Gasteiger partial charge is 0.332 e. The van der Waals surface area contributed by atoms with Gasteiger partial charge in [-0.1, -0.05) is 115 Å². The Morgan fingerprint density at radius 3 is 1.92 bits per heavy atom. The zero-order chi connectivity index (χ0) is 33.2. The molecule has 9 aromatic rings. The first-order valence-corrected chi connectivity index (χ1v) is 17.4. The molecule has 0 radical (unpaired) electrons. The monoisotopic (exact) mass is 641 g/mol. The van der Waals surface area contributed by atoms with E-state index in [2.05, 4.69) is 203 Å². The van der Waals surface area contributed by atoms with Crippen LogP contribution < -0.4 is 4.90 Å². The summed E-state index contributed by atoms with van der Waals surface area (Å²) < 4.78 is 4.86. The highest BCUT2D eigenvalue weighted by Crippen LogP contribution is 2.45. The second-order valence-corrected chi connectivity index (χ2v) is 13.6. The second-order valence-electron chi connectivity index (χ2n) is 13.6. The minimum atomic E-state index is -0.340. The smallest absolute Gasteiger partial charge is 0.0650 e. The molecule has 0 aliphatic heterocycles. The predicted octanol–water partition coefficient (Wildman–Crippen LogP) is 12.0. The van der Waals surface area contributed by atoms with Crippen molar-refractivity contribution in [2.75, 3.05) is 4.90 Å². The molecule has 7 aromatic carbocycles. The van der Waals surface area contributed by atoms with Crippen molar-refractivity contribution in [1.29, 1.82) is 0 Å². The first kappa shape index (κ1) is 28.7. The molecule has 0 fully saturated rings. The zero-order valence-corrected chi connectivity index (χ0v) is 27.9. The van der Waals surface area contributed by atoms with Gasteiger partial charge in [0.25, 0.3) is 0 Å². The Morgan fingerprint density at radius 2 is 1.12 bits per heavy atom. The summed E-state index contributed by atoms with van der Waals surface area (Å²) >= 11 is 0. The normalized spacial score (nSPS) is 15.6. The summed E-state index contributed by atoms with van der Waals surface area (Å²) in [5, 5.41) is 6.32. The van der Waals surface area contributed by atoms with Crippen molar-refractivity contribution in [3.63, 3.8) is 0 Å². The minimum absolute atomic E-state index is 0.340. The van der Waals surface area contributed by atoms with Gasteiger partial charge < -0.3 is 14.0 Å². The van der Waals surface area contributed by atoms with Gasteiger partial charge in [0.15, 0.2) is 0 Å². The summed E-state index contributed by atoms with van der Waals surface area (Å²) in [6.45, 7) is 2.39. The molecular formula is C47H35N3. The van der Waals surface area contributed by atoms with Gasteiger partial charge in [-0.15, -0.1) is 0 Å². The van der Waals surface area contributed by atoms with Crippen molar-refractivity contribution in [1.82, 2.24) is 9.13 Å². The van der Waals surface area contributed by atoms with E-state index >= 15 is 0 Å². The van der Waals surface area contributed by atoms with Crippen molar-refractivity contribution in [2.45, 2.75) is 18.9 Å². The highest BCUT2D eigenvalue weighted by atomic mass is 15.2. The van der Waals surface area contributed by atoms with Crippen LogP contribution >= 0.6 is 0 Å². The molecule has 1 aliphatic rings. The molecule has 0 spiro atoms. The van der Waals surface area contributed by atoms with Gasteiger partial charge in [0.05, 0.1) is 27.8 Å². The maximum atomic E-state index is 2.55. The number of anilines is 2. The summed E-state index contributed by atoms with van der Waals surface area (Å²) in [4.78, 5) is 2.55. The lowest BCUT2D eigenvalue weighted by atomic mass is 9.84. The second kappa shape index (κ2) is 11.1. The molecular weight excluding hydrogens is 607 g/mol. The van der Waals surface area contributed by atoms with E-state index in [4.69, 9.17) is 0 Å². The van der Waals surface area contributed by atoms with Crippen LogP contribution in [0.2, 0.25) is 0 Å². The fourth-order valence-corrected chi connectivity index (χ4v) is 8.45. The molecule has 0 amide bonds. The third-order valence-electron chi connectivity index (χ3n) is 10.6. The first-order valence-electron chi connectivity index (χ1n) is 17.4. The van der Waals surface area contributed by atoms with Crippen molar-refractivity contribution in [3.8, 4) is 11.4 Å². The lowest BCUT2D eigenvalue weighted by Crippen LogP contribution is -2.45. The van der Waals surface area contributed by atoms with Gasteiger partial charge in [-0.3, -0.25) is 0 Å². The summed E-state index contributed by atoms with van der Waals surface area (Å²) in [7, 11) is 0. The quantitative estimate of drug-likeness (QED) is 0.182. The van der Waals surface area contributed by atoms with E-state index in [-0.39, 0.29) is 5.54 Å². The Morgan fingerprint density at radius 1 is 0.500 bits per heavy atom. The standard InChI is InChI=1S/C47H35N3/c1-47(30-29-46-41(32-47)39-23-11-13-25-44(39)49(46)42-26-14-16-33-15-8-9-21-37(33)42)50(35-19-6-3-7-20-35)36-27-28-45-40(31-36)38-22-10-12-24-43(38)48(45)34-17-4-2-5-18-34/h2-31H,32H2,1H3. The molecule has 0 saturated heterocycles. The molecule has 2 aromatic heterocycles. The van der Waals surface area contributed by atoms with Crippen LogP contribution in [0.25, 0.3) is 60.9 Å². The number of nitrogens with zero attached hydrogens (tertiary/aromatic N) is 3. The maximum absolute atomic E-state index is 2.55. The van der Waals surface area contributed by atoms with E-state index in [1.54, 1.807) is 0 Å². The topological polar surface area (TPSA) is 13.1 Å². The summed E-state index contributed by atoms with van der Waals surface area (Å²) in [6, 6.07) is 61.6. The van der Waals surface area contributed by atoms with Gasteiger partial charge in [0.2, 0.25) is 0 Å². The highest BCUT2D eigenvalue weighted by molar-refractivity contribution is 6.10. The Labute approximate surface area is 291 Å². The molecule has 1 aliphatic carbocycles. The Kier molecular flexibility index (Phi) is 6.37. The summed E-state index contributed by atoms with van der Waals surface area (Å²) in [5.41, 5.74) is 10.7. The van der Waals surface area contributed by atoms with Crippen molar-refractivity contribution in [2.24, 2.45) is 0 Å². The Balaban J connectivity index is 1.17. The van der Waals surface area contributed by atoms with Crippen molar-refractivity contribution in [3.05, 3.63) is 187 Å². The Bertz CT molecular complexity index is 2740. The molecule has 1 atom stereocenters. The van der Waals surface area contributed by atoms with Gasteiger partial charge in [-0.25, -0.2) is 0 Å². The van der Waals surface area contributed by atoms with Gasteiger partial charge in [0.1, 0.15) is 0 Å². The third-order valence-corrected chi connectivity index (χ3v) is 10.6. The molecule has 3 nitrogen and oxygen atoms in total. The zero-order valence-electron chi connectivity index (χ0n) is 27.9. The minimum Gasteiger partial charge on any atom is -0.332 e. The number of aromatic nitrogens is 2. The van der Waals surface area contributed by atoms with E-state index in [1.165, 1.54) is 77.5 Å². The molecule has 0 N–H and O–H groups in total. The molecule has 3 heteroatoms. The van der Waals surface area contributed by atoms with E-state index in [9.17, 15) is 0 Å². The van der Waals surface area contributed by atoms with Crippen LogP contribution in [0.15, 0.2) is 176 Å². The molecule has 0 bridgehead atoms. The van der Waals surface area contributed by atoms with Crippen LogP contribution in [0, 0.1) is 0 Å². The van der Waals surface area contributed by atoms with E-state index in [1.807, 2.05) is 0 Å². The Hall–Kier alpha value is -6.32. The fraction of sp³-hybridized carbons (Fsp3) is 0.0638. The number of rotatable bonds is 5. The number of hydrogen-bond acceptors (Lipinski definition) is 1.